The second-order valence-electron chi connectivity index (χ2n) is 2.60. The molecule has 5 heteroatoms. The van der Waals surface area contributed by atoms with Gasteiger partial charge in [0.2, 0.25) is 0 Å². The topological polar surface area (TPSA) is 60.8 Å². The summed E-state index contributed by atoms with van der Waals surface area (Å²) >= 11 is 0. The maximum Gasteiger partial charge on any atom is 0.407 e. The van der Waals surface area contributed by atoms with E-state index in [0.29, 0.717) is 0 Å². The van der Waals surface area contributed by atoms with E-state index >= 15 is 0 Å². The third kappa shape index (κ3) is 1.59. The van der Waals surface area contributed by atoms with E-state index in [-0.39, 0.29) is 19.6 Å². The summed E-state index contributed by atoms with van der Waals surface area (Å²) in [6.45, 7) is -0.409. The molecule has 0 radical (unpaired) electrons. The molecule has 2 atom stereocenters. The molecule has 4 nitrogen and oxygen atoms in total. The minimum absolute atomic E-state index is 0.111. The Morgan fingerprint density at radius 3 is 2.73 bits per heavy atom. The molecule has 0 aromatic rings. The molecule has 0 aliphatic carbocycles. The highest BCUT2D eigenvalue weighted by Gasteiger charge is 2.34. The van der Waals surface area contributed by atoms with Crippen LogP contribution in [-0.4, -0.2) is 46.6 Å². The average molecular weight is 163 g/mol. The molecule has 1 heterocycles. The molecule has 0 spiro atoms. The fraction of sp³-hybridized carbons (Fsp3) is 0.833. The molecule has 0 aromatic carbocycles. The van der Waals surface area contributed by atoms with E-state index < -0.39 is 18.3 Å². The highest BCUT2D eigenvalue weighted by Crippen LogP contribution is 2.19. The molecule has 1 rings (SSSR count). The van der Waals surface area contributed by atoms with E-state index in [0.717, 1.165) is 4.90 Å². The lowest BCUT2D eigenvalue weighted by Gasteiger charge is -2.17. The molecule has 0 saturated carbocycles. The number of carboxylic acid groups (broad SMARTS) is 1. The van der Waals surface area contributed by atoms with Crippen molar-refractivity contribution < 1.29 is 19.4 Å². The normalized spacial score (nSPS) is 30.9. The van der Waals surface area contributed by atoms with Crippen LogP contribution >= 0.6 is 0 Å². The minimum Gasteiger partial charge on any atom is -0.465 e. The number of aliphatic hydroxyl groups is 1. The van der Waals surface area contributed by atoms with Gasteiger partial charge in [-0.25, -0.2) is 9.18 Å². The van der Waals surface area contributed by atoms with Crippen molar-refractivity contribution in [1.82, 2.24) is 4.90 Å². The fourth-order valence-electron chi connectivity index (χ4n) is 1.27. The molecular weight excluding hydrogens is 153 g/mol. The number of amides is 1. The van der Waals surface area contributed by atoms with E-state index in [1.54, 1.807) is 0 Å². The van der Waals surface area contributed by atoms with Crippen molar-refractivity contribution in [2.24, 2.45) is 0 Å². The van der Waals surface area contributed by atoms with Gasteiger partial charge in [-0.15, -0.1) is 0 Å². The SMILES string of the molecule is O=C(O)N1C[C@H](F)C[C@@H]1CO. The van der Waals surface area contributed by atoms with Crippen LogP contribution in [0.3, 0.4) is 0 Å². The second kappa shape index (κ2) is 3.04. The quantitative estimate of drug-likeness (QED) is 0.575. The summed E-state index contributed by atoms with van der Waals surface area (Å²) in [6, 6.07) is -0.553. The maximum absolute atomic E-state index is 12.6. The van der Waals surface area contributed by atoms with E-state index in [4.69, 9.17) is 10.2 Å². The van der Waals surface area contributed by atoms with Crippen LogP contribution in [0.25, 0.3) is 0 Å². The lowest BCUT2D eigenvalue weighted by molar-refractivity contribution is 0.117. The minimum atomic E-state index is -1.16. The van der Waals surface area contributed by atoms with E-state index in [9.17, 15) is 9.18 Å². The molecule has 1 aliphatic heterocycles. The van der Waals surface area contributed by atoms with Gasteiger partial charge in [0.15, 0.2) is 0 Å². The fourth-order valence-corrected chi connectivity index (χ4v) is 1.27. The number of hydrogen-bond donors (Lipinski definition) is 2. The Balaban J connectivity index is 2.57. The Morgan fingerprint density at radius 2 is 2.36 bits per heavy atom. The van der Waals surface area contributed by atoms with Gasteiger partial charge in [0.1, 0.15) is 6.17 Å². The molecule has 0 unspecified atom stereocenters. The lowest BCUT2D eigenvalue weighted by Crippen LogP contribution is -2.36. The molecule has 2 N–H and O–H groups in total. The molecule has 1 aliphatic rings. The summed E-state index contributed by atoms with van der Waals surface area (Å²) in [5, 5.41) is 17.1. The van der Waals surface area contributed by atoms with E-state index in [1.807, 2.05) is 0 Å². The Labute approximate surface area is 63.2 Å². The highest BCUT2D eigenvalue weighted by molar-refractivity contribution is 5.66. The summed E-state index contributed by atoms with van der Waals surface area (Å²) < 4.78 is 12.6. The zero-order valence-corrected chi connectivity index (χ0v) is 5.90. The van der Waals surface area contributed by atoms with E-state index in [2.05, 4.69) is 0 Å². The zero-order chi connectivity index (χ0) is 8.43. The Morgan fingerprint density at radius 1 is 1.73 bits per heavy atom. The average Bonchev–Trinajstić information content (AvgIpc) is 2.30. The Kier molecular flexibility index (Phi) is 2.28. The van der Waals surface area contributed by atoms with Crippen LogP contribution in [0.15, 0.2) is 0 Å². The smallest absolute Gasteiger partial charge is 0.407 e. The lowest BCUT2D eigenvalue weighted by atomic mass is 10.2. The first-order valence-electron chi connectivity index (χ1n) is 3.39. The summed E-state index contributed by atoms with van der Waals surface area (Å²) in [5.74, 6) is 0. The van der Waals surface area contributed by atoms with Crippen LogP contribution in [0.2, 0.25) is 0 Å². The number of nitrogens with zero attached hydrogens (tertiary/aromatic N) is 1. The maximum atomic E-state index is 12.6. The summed E-state index contributed by atoms with van der Waals surface area (Å²) in [7, 11) is 0. The third-order valence-electron chi connectivity index (χ3n) is 1.82. The van der Waals surface area contributed by atoms with E-state index in [1.165, 1.54) is 0 Å². The van der Waals surface area contributed by atoms with Gasteiger partial charge < -0.3 is 15.1 Å². The largest absolute Gasteiger partial charge is 0.465 e. The molecule has 1 saturated heterocycles. The summed E-state index contributed by atoms with van der Waals surface area (Å²) in [6.07, 6.45) is -2.17. The second-order valence-corrected chi connectivity index (χ2v) is 2.60. The van der Waals surface area contributed by atoms with Crippen LogP contribution in [0.5, 0.6) is 0 Å². The highest BCUT2D eigenvalue weighted by atomic mass is 19.1. The van der Waals surface area contributed by atoms with Gasteiger partial charge in [-0.05, 0) is 0 Å². The number of likely N-dealkylation sites (tertiary alicyclic amines) is 1. The Hall–Kier alpha value is -0.840. The van der Waals surface area contributed by atoms with Gasteiger partial charge in [0, 0.05) is 6.42 Å². The van der Waals surface area contributed by atoms with Crippen LogP contribution in [-0.2, 0) is 0 Å². The van der Waals surface area contributed by atoms with Crippen LogP contribution in [0.4, 0.5) is 9.18 Å². The molecular formula is C6H10FNO3. The molecule has 0 aromatic heterocycles. The van der Waals surface area contributed by atoms with Crippen LogP contribution < -0.4 is 0 Å². The van der Waals surface area contributed by atoms with Crippen molar-refractivity contribution in [3.63, 3.8) is 0 Å². The van der Waals surface area contributed by atoms with Gasteiger partial charge in [-0.3, -0.25) is 0 Å². The number of rotatable bonds is 1. The van der Waals surface area contributed by atoms with Gasteiger partial charge >= 0.3 is 6.09 Å². The number of halogens is 1. The van der Waals surface area contributed by atoms with Crippen molar-refractivity contribution in [3.05, 3.63) is 0 Å². The van der Waals surface area contributed by atoms with Crippen LogP contribution in [0, 0.1) is 0 Å². The molecule has 1 fully saturated rings. The first-order chi connectivity index (χ1) is 5.15. The number of aliphatic hydroxyl groups excluding tert-OH is 1. The standard InChI is InChI=1S/C6H10FNO3/c7-4-1-5(3-9)8(2-4)6(10)11/h4-5,9H,1-3H2,(H,10,11)/t4-,5-/m1/s1. The summed E-state index contributed by atoms with van der Waals surface area (Å²) in [4.78, 5) is 11.3. The number of alkyl halides is 1. The number of hydrogen-bond acceptors (Lipinski definition) is 2. The third-order valence-corrected chi connectivity index (χ3v) is 1.82. The van der Waals surface area contributed by atoms with Gasteiger partial charge in [-0.2, -0.15) is 0 Å². The molecule has 64 valence electrons. The first-order valence-corrected chi connectivity index (χ1v) is 3.39. The van der Waals surface area contributed by atoms with Crippen molar-refractivity contribution >= 4 is 6.09 Å². The van der Waals surface area contributed by atoms with Crippen molar-refractivity contribution in [3.8, 4) is 0 Å². The summed E-state index contributed by atoms with van der Waals surface area (Å²) in [5.41, 5.74) is 0. The van der Waals surface area contributed by atoms with Crippen molar-refractivity contribution in [2.45, 2.75) is 18.6 Å². The predicted octanol–water partition coefficient (Wildman–Crippen LogP) is 0.0691. The molecule has 1 amide bonds. The van der Waals surface area contributed by atoms with Crippen LogP contribution in [0.1, 0.15) is 6.42 Å². The molecule has 0 bridgehead atoms. The zero-order valence-electron chi connectivity index (χ0n) is 5.90. The predicted molar refractivity (Wildman–Crippen MR) is 35.1 cm³/mol. The first kappa shape index (κ1) is 8.26. The monoisotopic (exact) mass is 163 g/mol. The van der Waals surface area contributed by atoms with Crippen molar-refractivity contribution in [2.75, 3.05) is 13.2 Å². The van der Waals surface area contributed by atoms with Gasteiger partial charge in [0.05, 0.1) is 19.2 Å². The molecule has 11 heavy (non-hydrogen) atoms. The van der Waals surface area contributed by atoms with Gasteiger partial charge in [0.25, 0.3) is 0 Å². The number of carbonyl (C=O) groups is 1. The van der Waals surface area contributed by atoms with Gasteiger partial charge in [-0.1, -0.05) is 0 Å². The van der Waals surface area contributed by atoms with Crippen molar-refractivity contribution in [1.29, 1.82) is 0 Å². The Bertz CT molecular complexity index is 164.